The van der Waals surface area contributed by atoms with Gasteiger partial charge in [-0.1, -0.05) is 30.3 Å². The quantitative estimate of drug-likeness (QED) is 0.915. The summed E-state index contributed by atoms with van der Waals surface area (Å²) in [4.78, 5) is 13.7. The molecule has 0 atom stereocenters. The van der Waals surface area contributed by atoms with Gasteiger partial charge in [-0.15, -0.1) is 0 Å². The SMILES string of the molecule is CN(C(=O)CCNc1ccccc1C#N)c1ccccc1. The first-order valence-electron chi connectivity index (χ1n) is 6.77. The van der Waals surface area contributed by atoms with Crippen LogP contribution in [0.5, 0.6) is 0 Å². The summed E-state index contributed by atoms with van der Waals surface area (Å²) >= 11 is 0. The molecule has 0 aliphatic carbocycles. The Morgan fingerprint density at radius 3 is 2.52 bits per heavy atom. The van der Waals surface area contributed by atoms with E-state index in [9.17, 15) is 4.79 Å². The second-order valence-corrected chi connectivity index (χ2v) is 4.62. The fraction of sp³-hybridized carbons (Fsp3) is 0.176. The second-order valence-electron chi connectivity index (χ2n) is 4.62. The number of rotatable bonds is 5. The number of benzene rings is 2. The Balaban J connectivity index is 1.89. The number of nitriles is 1. The fourth-order valence-electron chi connectivity index (χ4n) is 2.00. The average molecular weight is 279 g/mol. The van der Waals surface area contributed by atoms with Crippen molar-refractivity contribution in [1.82, 2.24) is 0 Å². The normalized spacial score (nSPS) is 9.71. The van der Waals surface area contributed by atoms with Crippen LogP contribution in [-0.4, -0.2) is 19.5 Å². The molecular formula is C17H17N3O. The average Bonchev–Trinajstić information content (AvgIpc) is 2.55. The monoisotopic (exact) mass is 279 g/mol. The summed E-state index contributed by atoms with van der Waals surface area (Å²) in [6.07, 6.45) is 0.366. The molecule has 106 valence electrons. The lowest BCUT2D eigenvalue weighted by atomic mass is 10.2. The highest BCUT2D eigenvalue weighted by atomic mass is 16.2. The Morgan fingerprint density at radius 2 is 1.81 bits per heavy atom. The van der Waals surface area contributed by atoms with Gasteiger partial charge in [-0.05, 0) is 24.3 Å². The van der Waals surface area contributed by atoms with Gasteiger partial charge in [-0.25, -0.2) is 0 Å². The van der Waals surface area contributed by atoms with Crippen molar-refractivity contribution in [3.05, 3.63) is 60.2 Å². The van der Waals surface area contributed by atoms with Crippen LogP contribution in [0.1, 0.15) is 12.0 Å². The van der Waals surface area contributed by atoms with Crippen molar-refractivity contribution in [2.75, 3.05) is 23.8 Å². The summed E-state index contributed by atoms with van der Waals surface area (Å²) in [5.41, 5.74) is 2.22. The summed E-state index contributed by atoms with van der Waals surface area (Å²) in [5, 5.41) is 12.1. The van der Waals surface area contributed by atoms with Crippen molar-refractivity contribution in [3.63, 3.8) is 0 Å². The molecule has 0 unspecified atom stereocenters. The largest absolute Gasteiger partial charge is 0.383 e. The molecule has 0 fully saturated rings. The Kier molecular flexibility index (Phi) is 4.94. The number of nitrogens with zero attached hydrogens (tertiary/aromatic N) is 2. The van der Waals surface area contributed by atoms with Crippen LogP contribution < -0.4 is 10.2 Å². The van der Waals surface area contributed by atoms with E-state index in [1.54, 1.807) is 18.0 Å². The fourth-order valence-corrected chi connectivity index (χ4v) is 2.00. The molecule has 4 heteroatoms. The van der Waals surface area contributed by atoms with Gasteiger partial charge in [0.1, 0.15) is 6.07 Å². The van der Waals surface area contributed by atoms with E-state index in [-0.39, 0.29) is 5.91 Å². The zero-order chi connectivity index (χ0) is 15.1. The van der Waals surface area contributed by atoms with Crippen molar-refractivity contribution in [2.24, 2.45) is 0 Å². The first kappa shape index (κ1) is 14.6. The van der Waals surface area contributed by atoms with Crippen molar-refractivity contribution in [2.45, 2.75) is 6.42 Å². The van der Waals surface area contributed by atoms with Crippen molar-refractivity contribution < 1.29 is 4.79 Å². The van der Waals surface area contributed by atoms with Gasteiger partial charge in [-0.3, -0.25) is 4.79 Å². The number of carbonyl (C=O) groups excluding carboxylic acids is 1. The minimum absolute atomic E-state index is 0.0307. The number of carbonyl (C=O) groups is 1. The van der Waals surface area contributed by atoms with Crippen LogP contribution in [0.3, 0.4) is 0 Å². The van der Waals surface area contributed by atoms with Gasteiger partial charge in [0.05, 0.1) is 11.3 Å². The molecule has 2 rings (SSSR count). The molecule has 4 nitrogen and oxygen atoms in total. The molecule has 0 spiro atoms. The lowest BCUT2D eigenvalue weighted by Gasteiger charge is -2.17. The van der Waals surface area contributed by atoms with E-state index in [2.05, 4.69) is 11.4 Å². The standard InChI is InChI=1S/C17H17N3O/c1-20(15-8-3-2-4-9-15)17(21)11-12-19-16-10-6-5-7-14(16)13-18/h2-10,19H,11-12H2,1H3. The molecule has 0 radical (unpaired) electrons. The minimum atomic E-state index is 0.0307. The molecule has 2 aromatic rings. The highest BCUT2D eigenvalue weighted by molar-refractivity contribution is 5.93. The van der Waals surface area contributed by atoms with E-state index in [0.717, 1.165) is 11.4 Å². The molecule has 1 amide bonds. The summed E-state index contributed by atoms with van der Waals surface area (Å²) in [5.74, 6) is 0.0307. The molecule has 0 aromatic heterocycles. The molecule has 0 saturated heterocycles. The number of anilines is 2. The molecule has 2 aromatic carbocycles. The lowest BCUT2D eigenvalue weighted by molar-refractivity contribution is -0.118. The molecular weight excluding hydrogens is 262 g/mol. The van der Waals surface area contributed by atoms with Crippen LogP contribution in [0.15, 0.2) is 54.6 Å². The first-order valence-corrected chi connectivity index (χ1v) is 6.77. The Morgan fingerprint density at radius 1 is 1.14 bits per heavy atom. The molecule has 21 heavy (non-hydrogen) atoms. The molecule has 0 bridgehead atoms. The predicted octanol–water partition coefficient (Wildman–Crippen LogP) is 3.02. The van der Waals surface area contributed by atoms with Gasteiger partial charge in [0, 0.05) is 25.7 Å². The van der Waals surface area contributed by atoms with Gasteiger partial charge in [0.25, 0.3) is 0 Å². The minimum Gasteiger partial charge on any atom is -0.383 e. The Labute approximate surface area is 124 Å². The second kappa shape index (κ2) is 7.11. The highest BCUT2D eigenvalue weighted by Gasteiger charge is 2.10. The summed E-state index contributed by atoms with van der Waals surface area (Å²) < 4.78 is 0. The molecule has 0 aliphatic heterocycles. The van der Waals surface area contributed by atoms with Crippen molar-refractivity contribution in [1.29, 1.82) is 5.26 Å². The maximum Gasteiger partial charge on any atom is 0.228 e. The van der Waals surface area contributed by atoms with E-state index in [0.29, 0.717) is 18.5 Å². The topological polar surface area (TPSA) is 56.1 Å². The van der Waals surface area contributed by atoms with Crippen LogP contribution in [0.25, 0.3) is 0 Å². The van der Waals surface area contributed by atoms with Gasteiger partial charge < -0.3 is 10.2 Å². The van der Waals surface area contributed by atoms with Crippen molar-refractivity contribution in [3.8, 4) is 6.07 Å². The predicted molar refractivity (Wildman–Crippen MR) is 84.1 cm³/mol. The maximum atomic E-state index is 12.1. The summed E-state index contributed by atoms with van der Waals surface area (Å²) in [6.45, 7) is 0.495. The van der Waals surface area contributed by atoms with Gasteiger partial charge in [0.15, 0.2) is 0 Å². The molecule has 1 N–H and O–H groups in total. The first-order chi connectivity index (χ1) is 10.2. The number of hydrogen-bond acceptors (Lipinski definition) is 3. The number of hydrogen-bond donors (Lipinski definition) is 1. The third-order valence-electron chi connectivity index (χ3n) is 3.22. The molecule has 0 heterocycles. The van der Waals surface area contributed by atoms with Gasteiger partial charge in [-0.2, -0.15) is 5.26 Å². The van der Waals surface area contributed by atoms with E-state index >= 15 is 0 Å². The smallest absolute Gasteiger partial charge is 0.228 e. The van der Waals surface area contributed by atoms with E-state index in [1.807, 2.05) is 48.5 Å². The number of nitrogens with one attached hydrogen (secondary N) is 1. The number of amides is 1. The third kappa shape index (κ3) is 3.83. The Hall–Kier alpha value is -2.80. The van der Waals surface area contributed by atoms with E-state index in [1.165, 1.54) is 0 Å². The van der Waals surface area contributed by atoms with E-state index in [4.69, 9.17) is 5.26 Å². The molecule has 0 saturated carbocycles. The third-order valence-corrected chi connectivity index (χ3v) is 3.22. The zero-order valence-electron chi connectivity index (χ0n) is 11.9. The highest BCUT2D eigenvalue weighted by Crippen LogP contribution is 2.14. The summed E-state index contributed by atoms with van der Waals surface area (Å²) in [7, 11) is 1.76. The van der Waals surface area contributed by atoms with Crippen LogP contribution >= 0.6 is 0 Å². The maximum absolute atomic E-state index is 12.1. The number of para-hydroxylation sites is 2. The van der Waals surface area contributed by atoms with Crippen LogP contribution in [0.2, 0.25) is 0 Å². The lowest BCUT2D eigenvalue weighted by Crippen LogP contribution is -2.27. The van der Waals surface area contributed by atoms with Crippen molar-refractivity contribution >= 4 is 17.3 Å². The van der Waals surface area contributed by atoms with Crippen LogP contribution in [0.4, 0.5) is 11.4 Å². The van der Waals surface area contributed by atoms with Gasteiger partial charge in [0.2, 0.25) is 5.91 Å². The Bertz CT molecular complexity index is 647. The van der Waals surface area contributed by atoms with Crippen LogP contribution in [0, 0.1) is 11.3 Å². The molecule has 0 aliphatic rings. The zero-order valence-corrected chi connectivity index (χ0v) is 11.9. The van der Waals surface area contributed by atoms with E-state index < -0.39 is 0 Å². The summed E-state index contributed by atoms with van der Waals surface area (Å²) in [6, 6.07) is 18.9. The van der Waals surface area contributed by atoms with Crippen LogP contribution in [-0.2, 0) is 4.79 Å². The van der Waals surface area contributed by atoms with Gasteiger partial charge >= 0.3 is 0 Å².